The van der Waals surface area contributed by atoms with Crippen LogP contribution in [0.25, 0.3) is 10.9 Å². The van der Waals surface area contributed by atoms with Gasteiger partial charge in [0.25, 0.3) is 5.56 Å². The van der Waals surface area contributed by atoms with Crippen molar-refractivity contribution < 1.29 is 4.42 Å². The molecule has 2 N–H and O–H groups in total. The van der Waals surface area contributed by atoms with E-state index < -0.39 is 0 Å². The second-order valence-corrected chi connectivity index (χ2v) is 5.28. The minimum Gasteiger partial charge on any atom is -0.469 e. The molecule has 1 unspecified atom stereocenters. The number of hydrogen-bond acceptors (Lipinski definition) is 3. The zero-order chi connectivity index (χ0) is 14.7. The highest BCUT2D eigenvalue weighted by Gasteiger charge is 2.07. The summed E-state index contributed by atoms with van der Waals surface area (Å²) in [6.07, 6.45) is 2.48. The van der Waals surface area contributed by atoms with E-state index in [1.807, 2.05) is 42.5 Å². The number of pyridine rings is 1. The van der Waals surface area contributed by atoms with Gasteiger partial charge in [-0.15, -0.1) is 0 Å². The lowest BCUT2D eigenvalue weighted by Gasteiger charge is -2.12. The van der Waals surface area contributed by atoms with Gasteiger partial charge in [0.1, 0.15) is 5.76 Å². The number of para-hydroxylation sites is 1. The van der Waals surface area contributed by atoms with Gasteiger partial charge in [-0.2, -0.15) is 0 Å². The van der Waals surface area contributed by atoms with Gasteiger partial charge in [0.05, 0.1) is 6.26 Å². The third-order valence-corrected chi connectivity index (χ3v) is 3.56. The molecule has 0 fully saturated rings. The number of H-pyrrole nitrogens is 1. The first-order valence-corrected chi connectivity index (χ1v) is 7.09. The first-order valence-electron chi connectivity index (χ1n) is 7.09. The van der Waals surface area contributed by atoms with Crippen LogP contribution in [0.3, 0.4) is 0 Å². The Hall–Kier alpha value is -2.33. The Kier molecular flexibility index (Phi) is 3.88. The highest BCUT2D eigenvalue weighted by Crippen LogP contribution is 2.10. The summed E-state index contributed by atoms with van der Waals surface area (Å²) >= 11 is 0. The standard InChI is InChI=1S/C17H18N2O2/c1-12(9-15-6-4-8-21-15)18-11-14-10-13-5-2-3-7-16(13)19-17(14)20/h2-8,10,12,18H,9,11H2,1H3,(H,19,20). The average Bonchev–Trinajstić information content (AvgIpc) is 2.98. The molecule has 3 rings (SSSR count). The van der Waals surface area contributed by atoms with Gasteiger partial charge in [-0.3, -0.25) is 4.79 Å². The minimum atomic E-state index is -0.0357. The van der Waals surface area contributed by atoms with E-state index in [9.17, 15) is 4.79 Å². The van der Waals surface area contributed by atoms with Gasteiger partial charge in [0.15, 0.2) is 0 Å². The molecule has 2 heterocycles. The van der Waals surface area contributed by atoms with Crippen molar-refractivity contribution in [3.8, 4) is 0 Å². The number of aromatic amines is 1. The van der Waals surface area contributed by atoms with Crippen LogP contribution in [0.15, 0.2) is 57.9 Å². The van der Waals surface area contributed by atoms with E-state index in [-0.39, 0.29) is 11.6 Å². The summed E-state index contributed by atoms with van der Waals surface area (Å²) in [6, 6.07) is 13.8. The molecule has 21 heavy (non-hydrogen) atoms. The molecule has 0 saturated heterocycles. The summed E-state index contributed by atoms with van der Waals surface area (Å²) in [5.41, 5.74) is 1.58. The molecule has 0 aliphatic heterocycles. The maximum absolute atomic E-state index is 12.0. The second kappa shape index (κ2) is 5.97. The highest BCUT2D eigenvalue weighted by molar-refractivity contribution is 5.78. The van der Waals surface area contributed by atoms with E-state index in [2.05, 4.69) is 17.2 Å². The van der Waals surface area contributed by atoms with Gasteiger partial charge in [0.2, 0.25) is 0 Å². The number of fused-ring (bicyclic) bond motifs is 1. The van der Waals surface area contributed by atoms with Crippen molar-refractivity contribution in [3.05, 3.63) is 70.4 Å². The van der Waals surface area contributed by atoms with Gasteiger partial charge in [-0.05, 0) is 36.6 Å². The van der Waals surface area contributed by atoms with E-state index in [1.54, 1.807) is 6.26 Å². The van der Waals surface area contributed by atoms with Crippen molar-refractivity contribution in [3.63, 3.8) is 0 Å². The molecule has 4 heteroatoms. The molecule has 4 nitrogen and oxygen atoms in total. The molecule has 0 aliphatic rings. The SMILES string of the molecule is CC(Cc1ccco1)NCc1cc2ccccc2[nH]c1=O. The lowest BCUT2D eigenvalue weighted by atomic mass is 10.1. The average molecular weight is 282 g/mol. The largest absolute Gasteiger partial charge is 0.469 e. The molecular weight excluding hydrogens is 264 g/mol. The smallest absolute Gasteiger partial charge is 0.252 e. The molecule has 1 aromatic carbocycles. The summed E-state index contributed by atoms with van der Waals surface area (Å²) in [4.78, 5) is 15.0. The zero-order valence-electron chi connectivity index (χ0n) is 11.9. The predicted molar refractivity (Wildman–Crippen MR) is 83.3 cm³/mol. The van der Waals surface area contributed by atoms with E-state index >= 15 is 0 Å². The van der Waals surface area contributed by atoms with Gasteiger partial charge < -0.3 is 14.7 Å². The third kappa shape index (κ3) is 3.23. The van der Waals surface area contributed by atoms with Crippen molar-refractivity contribution in [2.24, 2.45) is 0 Å². The fourth-order valence-electron chi connectivity index (χ4n) is 2.41. The van der Waals surface area contributed by atoms with Gasteiger partial charge in [-0.1, -0.05) is 18.2 Å². The number of hydrogen-bond donors (Lipinski definition) is 2. The molecule has 1 atom stereocenters. The predicted octanol–water partition coefficient (Wildman–Crippen LogP) is 2.84. The Labute approximate surface area is 122 Å². The Bertz CT molecular complexity index is 775. The second-order valence-electron chi connectivity index (χ2n) is 5.28. The molecule has 0 bridgehead atoms. The minimum absolute atomic E-state index is 0.0357. The molecule has 0 radical (unpaired) electrons. The molecule has 0 spiro atoms. The van der Waals surface area contributed by atoms with Crippen molar-refractivity contribution in [2.45, 2.75) is 25.9 Å². The van der Waals surface area contributed by atoms with Crippen LogP contribution in [-0.2, 0) is 13.0 Å². The van der Waals surface area contributed by atoms with Crippen molar-refractivity contribution >= 4 is 10.9 Å². The summed E-state index contributed by atoms with van der Waals surface area (Å²) in [5, 5.41) is 4.41. The molecule has 108 valence electrons. The van der Waals surface area contributed by atoms with E-state index in [0.29, 0.717) is 6.54 Å². The van der Waals surface area contributed by atoms with Gasteiger partial charge in [0, 0.05) is 30.1 Å². The molecular formula is C17H18N2O2. The highest BCUT2D eigenvalue weighted by atomic mass is 16.3. The van der Waals surface area contributed by atoms with Crippen LogP contribution < -0.4 is 10.9 Å². The monoisotopic (exact) mass is 282 g/mol. The van der Waals surface area contributed by atoms with Crippen LogP contribution in [0.4, 0.5) is 0 Å². The first-order chi connectivity index (χ1) is 10.2. The molecule has 3 aromatic rings. The molecule has 0 amide bonds. The van der Waals surface area contributed by atoms with Crippen LogP contribution in [0.2, 0.25) is 0 Å². The normalized spacial score (nSPS) is 12.6. The van der Waals surface area contributed by atoms with Crippen molar-refractivity contribution in [2.75, 3.05) is 0 Å². The lowest BCUT2D eigenvalue weighted by molar-refractivity contribution is 0.456. The summed E-state index contributed by atoms with van der Waals surface area (Å²) < 4.78 is 5.33. The molecule has 0 saturated carbocycles. The van der Waals surface area contributed by atoms with E-state index in [0.717, 1.165) is 28.6 Å². The van der Waals surface area contributed by atoms with Gasteiger partial charge in [-0.25, -0.2) is 0 Å². The van der Waals surface area contributed by atoms with Gasteiger partial charge >= 0.3 is 0 Å². The zero-order valence-corrected chi connectivity index (χ0v) is 11.9. The van der Waals surface area contributed by atoms with E-state index in [4.69, 9.17) is 4.42 Å². The quantitative estimate of drug-likeness (QED) is 0.756. The number of rotatable bonds is 5. The maximum atomic E-state index is 12.0. The van der Waals surface area contributed by atoms with Crippen LogP contribution in [0, 0.1) is 0 Å². The molecule has 2 aromatic heterocycles. The topological polar surface area (TPSA) is 58.0 Å². The fraction of sp³-hybridized carbons (Fsp3) is 0.235. The lowest BCUT2D eigenvalue weighted by Crippen LogP contribution is -2.30. The van der Waals surface area contributed by atoms with Crippen LogP contribution in [0.5, 0.6) is 0 Å². The van der Waals surface area contributed by atoms with Crippen LogP contribution >= 0.6 is 0 Å². The van der Waals surface area contributed by atoms with Crippen LogP contribution in [0.1, 0.15) is 18.2 Å². The Morgan fingerprint density at radius 3 is 2.90 bits per heavy atom. The molecule has 0 aliphatic carbocycles. The van der Waals surface area contributed by atoms with Crippen molar-refractivity contribution in [1.29, 1.82) is 0 Å². The summed E-state index contributed by atoms with van der Waals surface area (Å²) in [6.45, 7) is 2.62. The maximum Gasteiger partial charge on any atom is 0.252 e. The fourth-order valence-corrected chi connectivity index (χ4v) is 2.41. The Balaban J connectivity index is 1.70. The van der Waals surface area contributed by atoms with E-state index in [1.165, 1.54) is 0 Å². The summed E-state index contributed by atoms with van der Waals surface area (Å²) in [7, 11) is 0. The number of aromatic nitrogens is 1. The number of nitrogens with one attached hydrogen (secondary N) is 2. The van der Waals surface area contributed by atoms with Crippen LogP contribution in [-0.4, -0.2) is 11.0 Å². The number of furan rings is 1. The summed E-state index contributed by atoms with van der Waals surface area (Å²) in [5.74, 6) is 0.947. The Morgan fingerprint density at radius 2 is 2.10 bits per heavy atom. The Morgan fingerprint density at radius 1 is 1.24 bits per heavy atom. The number of benzene rings is 1. The first kappa shape index (κ1) is 13.6. The third-order valence-electron chi connectivity index (χ3n) is 3.56. The van der Waals surface area contributed by atoms with Crippen molar-refractivity contribution in [1.82, 2.24) is 10.3 Å².